The number of benzene rings is 1. The van der Waals surface area contributed by atoms with Crippen molar-refractivity contribution in [1.29, 1.82) is 0 Å². The van der Waals surface area contributed by atoms with Crippen molar-refractivity contribution >= 4 is 17.6 Å². The van der Waals surface area contributed by atoms with Crippen molar-refractivity contribution in [2.24, 2.45) is 11.7 Å². The number of nitrogens with two attached hydrogens (primary N) is 1. The van der Waals surface area contributed by atoms with Crippen LogP contribution in [0.3, 0.4) is 0 Å². The Hall–Kier alpha value is -2.04. The molecule has 0 fully saturated rings. The van der Waals surface area contributed by atoms with E-state index >= 15 is 0 Å². The second kappa shape index (κ2) is 6.78. The molecule has 0 saturated heterocycles. The summed E-state index contributed by atoms with van der Waals surface area (Å²) in [7, 11) is 0. The smallest absolute Gasteiger partial charge is 0.312 e. The molecule has 0 bridgehead atoms. The van der Waals surface area contributed by atoms with Crippen LogP contribution in [0, 0.1) is 12.8 Å². The number of amides is 3. The van der Waals surface area contributed by atoms with Gasteiger partial charge in [0.1, 0.15) is 6.04 Å². The summed E-state index contributed by atoms with van der Waals surface area (Å²) in [6, 6.07) is 6.18. The molecule has 0 aliphatic heterocycles. The SMILES string of the molecule is CC[C@H](C)[C@H](NC(N)=O)C(=O)Nc1cccc(C)c1. The molecule has 3 amide bonds. The molecule has 5 heteroatoms. The number of hydrogen-bond donors (Lipinski definition) is 3. The minimum absolute atomic E-state index is 0.0114. The van der Waals surface area contributed by atoms with E-state index in [2.05, 4.69) is 10.6 Å². The predicted octanol–water partition coefficient (Wildman–Crippen LogP) is 2.02. The fourth-order valence-electron chi connectivity index (χ4n) is 1.80. The van der Waals surface area contributed by atoms with E-state index in [0.717, 1.165) is 12.0 Å². The van der Waals surface area contributed by atoms with E-state index in [9.17, 15) is 9.59 Å². The first-order valence-electron chi connectivity index (χ1n) is 6.37. The average Bonchev–Trinajstić information content (AvgIpc) is 2.34. The first-order chi connectivity index (χ1) is 8.93. The highest BCUT2D eigenvalue weighted by Crippen LogP contribution is 2.13. The van der Waals surface area contributed by atoms with Crippen molar-refractivity contribution in [3.05, 3.63) is 29.8 Å². The van der Waals surface area contributed by atoms with Crippen molar-refractivity contribution in [3.63, 3.8) is 0 Å². The van der Waals surface area contributed by atoms with Gasteiger partial charge in [0.05, 0.1) is 0 Å². The van der Waals surface area contributed by atoms with Gasteiger partial charge in [-0.3, -0.25) is 4.79 Å². The van der Waals surface area contributed by atoms with E-state index < -0.39 is 12.1 Å². The van der Waals surface area contributed by atoms with E-state index in [1.807, 2.05) is 45.0 Å². The Morgan fingerprint density at radius 2 is 2.05 bits per heavy atom. The van der Waals surface area contributed by atoms with Crippen LogP contribution in [0.4, 0.5) is 10.5 Å². The number of carbonyl (C=O) groups excluding carboxylic acids is 2. The maximum absolute atomic E-state index is 12.2. The Balaban J connectivity index is 2.79. The van der Waals surface area contributed by atoms with Crippen molar-refractivity contribution < 1.29 is 9.59 Å². The highest BCUT2D eigenvalue weighted by Gasteiger charge is 2.25. The predicted molar refractivity (Wildman–Crippen MR) is 75.8 cm³/mol. The molecular formula is C14H21N3O2. The average molecular weight is 263 g/mol. The molecule has 5 nitrogen and oxygen atoms in total. The molecule has 19 heavy (non-hydrogen) atoms. The monoisotopic (exact) mass is 263 g/mol. The first kappa shape index (κ1) is 15.0. The Labute approximate surface area is 113 Å². The van der Waals surface area contributed by atoms with Crippen LogP contribution in [0.15, 0.2) is 24.3 Å². The van der Waals surface area contributed by atoms with Gasteiger partial charge in [0.2, 0.25) is 5.91 Å². The van der Waals surface area contributed by atoms with Crippen molar-refractivity contribution in [3.8, 4) is 0 Å². The number of rotatable bonds is 5. The lowest BCUT2D eigenvalue weighted by Gasteiger charge is -2.22. The van der Waals surface area contributed by atoms with Crippen LogP contribution in [-0.4, -0.2) is 18.0 Å². The fourth-order valence-corrected chi connectivity index (χ4v) is 1.80. The maximum Gasteiger partial charge on any atom is 0.312 e. The number of anilines is 1. The summed E-state index contributed by atoms with van der Waals surface area (Å²) in [5.41, 5.74) is 6.88. The normalized spacial score (nSPS) is 13.4. The van der Waals surface area contributed by atoms with Gasteiger partial charge in [0.15, 0.2) is 0 Å². The second-order valence-corrected chi connectivity index (χ2v) is 4.73. The van der Waals surface area contributed by atoms with Crippen molar-refractivity contribution in [1.82, 2.24) is 5.32 Å². The van der Waals surface area contributed by atoms with Gasteiger partial charge in [-0.2, -0.15) is 0 Å². The Morgan fingerprint density at radius 3 is 2.58 bits per heavy atom. The molecule has 104 valence electrons. The standard InChI is InChI=1S/C14H21N3O2/c1-4-10(3)12(17-14(15)19)13(18)16-11-7-5-6-9(2)8-11/h5-8,10,12H,4H2,1-3H3,(H,16,18)(H3,15,17,19)/t10-,12-/m0/s1. The summed E-state index contributed by atoms with van der Waals surface area (Å²) < 4.78 is 0. The van der Waals surface area contributed by atoms with Gasteiger partial charge < -0.3 is 16.4 Å². The largest absolute Gasteiger partial charge is 0.352 e. The maximum atomic E-state index is 12.2. The molecule has 0 radical (unpaired) electrons. The van der Waals surface area contributed by atoms with E-state index in [4.69, 9.17) is 5.73 Å². The summed E-state index contributed by atoms with van der Waals surface area (Å²) in [5, 5.41) is 5.29. The van der Waals surface area contributed by atoms with Crippen LogP contribution in [0.1, 0.15) is 25.8 Å². The topological polar surface area (TPSA) is 84.2 Å². The molecule has 0 aliphatic rings. The second-order valence-electron chi connectivity index (χ2n) is 4.73. The van der Waals surface area contributed by atoms with Crippen LogP contribution in [0.25, 0.3) is 0 Å². The van der Waals surface area contributed by atoms with Crippen LogP contribution in [-0.2, 0) is 4.79 Å². The number of aryl methyl sites for hydroxylation is 1. The molecule has 1 aromatic carbocycles. The number of hydrogen-bond acceptors (Lipinski definition) is 2. The minimum Gasteiger partial charge on any atom is -0.352 e. The number of carbonyl (C=O) groups is 2. The van der Waals surface area contributed by atoms with E-state index in [-0.39, 0.29) is 11.8 Å². The lowest BCUT2D eigenvalue weighted by molar-refractivity contribution is -0.119. The third-order valence-corrected chi connectivity index (χ3v) is 3.08. The highest BCUT2D eigenvalue weighted by atomic mass is 16.2. The fraction of sp³-hybridized carbons (Fsp3) is 0.429. The molecule has 0 spiro atoms. The third kappa shape index (κ3) is 4.62. The lowest BCUT2D eigenvalue weighted by atomic mass is 9.98. The molecule has 1 aromatic rings. The van der Waals surface area contributed by atoms with Gasteiger partial charge in [-0.05, 0) is 30.5 Å². The summed E-state index contributed by atoms with van der Waals surface area (Å²) in [5.74, 6) is -0.240. The van der Waals surface area contributed by atoms with E-state index in [0.29, 0.717) is 5.69 Å². The van der Waals surface area contributed by atoms with Gasteiger partial charge >= 0.3 is 6.03 Å². The van der Waals surface area contributed by atoms with Crippen LogP contribution in [0.5, 0.6) is 0 Å². The highest BCUT2D eigenvalue weighted by molar-refractivity contribution is 5.97. The molecule has 0 unspecified atom stereocenters. The molecule has 2 atom stereocenters. The van der Waals surface area contributed by atoms with Gasteiger partial charge in [0, 0.05) is 5.69 Å². The molecule has 0 heterocycles. The van der Waals surface area contributed by atoms with Crippen LogP contribution in [0.2, 0.25) is 0 Å². The van der Waals surface area contributed by atoms with Gasteiger partial charge in [-0.15, -0.1) is 0 Å². The Morgan fingerprint density at radius 1 is 1.37 bits per heavy atom. The molecular weight excluding hydrogens is 242 g/mol. The first-order valence-corrected chi connectivity index (χ1v) is 6.37. The van der Waals surface area contributed by atoms with Crippen molar-refractivity contribution in [2.75, 3.05) is 5.32 Å². The minimum atomic E-state index is -0.690. The molecule has 0 aromatic heterocycles. The quantitative estimate of drug-likeness (QED) is 0.759. The molecule has 4 N–H and O–H groups in total. The number of urea groups is 1. The Bertz CT molecular complexity index is 460. The van der Waals surface area contributed by atoms with Gasteiger partial charge in [-0.25, -0.2) is 4.79 Å². The molecule has 0 saturated carbocycles. The van der Waals surface area contributed by atoms with E-state index in [1.165, 1.54) is 0 Å². The van der Waals surface area contributed by atoms with E-state index in [1.54, 1.807) is 0 Å². The molecule has 1 rings (SSSR count). The number of nitrogens with one attached hydrogen (secondary N) is 2. The summed E-state index contributed by atoms with van der Waals surface area (Å²) in [4.78, 5) is 23.2. The summed E-state index contributed by atoms with van der Waals surface area (Å²) in [6.45, 7) is 5.81. The van der Waals surface area contributed by atoms with Crippen LogP contribution < -0.4 is 16.4 Å². The zero-order valence-electron chi connectivity index (χ0n) is 11.6. The summed E-state index contributed by atoms with van der Waals surface area (Å²) >= 11 is 0. The van der Waals surface area contributed by atoms with Gasteiger partial charge in [0.25, 0.3) is 0 Å². The third-order valence-electron chi connectivity index (χ3n) is 3.08. The summed E-state index contributed by atoms with van der Waals surface area (Å²) in [6.07, 6.45) is 0.770. The molecule has 0 aliphatic carbocycles. The Kier molecular flexibility index (Phi) is 5.36. The zero-order chi connectivity index (χ0) is 14.4. The zero-order valence-corrected chi connectivity index (χ0v) is 11.6. The van der Waals surface area contributed by atoms with Crippen molar-refractivity contribution in [2.45, 2.75) is 33.2 Å². The lowest BCUT2D eigenvalue weighted by Crippen LogP contribution is -2.49. The van der Waals surface area contributed by atoms with Gasteiger partial charge in [-0.1, -0.05) is 32.4 Å². The van der Waals surface area contributed by atoms with Crippen LogP contribution >= 0.6 is 0 Å². The number of primary amides is 1.